The summed E-state index contributed by atoms with van der Waals surface area (Å²) in [5.74, 6) is 2.18. The Morgan fingerprint density at radius 3 is 1.66 bits per heavy atom. The summed E-state index contributed by atoms with van der Waals surface area (Å²) in [6.07, 6.45) is 13.0. The Morgan fingerprint density at radius 2 is 1.20 bits per heavy atom. The zero-order valence-electron chi connectivity index (χ0n) is 20.2. The number of unbranched alkanes of at least 4 members (excludes halogenated alkanes) is 3. The summed E-state index contributed by atoms with van der Waals surface area (Å²) in [4.78, 5) is 0. The van der Waals surface area contributed by atoms with Crippen LogP contribution in [0.2, 0.25) is 0 Å². The van der Waals surface area contributed by atoms with E-state index in [1.54, 1.807) is 0 Å². The van der Waals surface area contributed by atoms with E-state index in [0.29, 0.717) is 6.42 Å². The van der Waals surface area contributed by atoms with E-state index in [1.807, 2.05) is 91.0 Å². The summed E-state index contributed by atoms with van der Waals surface area (Å²) in [6.45, 7) is 2.24. The predicted molar refractivity (Wildman–Crippen MR) is 149 cm³/mol. The molecule has 0 saturated heterocycles. The lowest BCUT2D eigenvalue weighted by Crippen LogP contribution is -2.69. The van der Waals surface area contributed by atoms with E-state index < -0.39 is 12.8 Å². The van der Waals surface area contributed by atoms with E-state index in [2.05, 4.69) is 41.1 Å². The Morgan fingerprint density at radius 1 is 0.714 bits per heavy atom. The highest BCUT2D eigenvalue weighted by molar-refractivity contribution is 9.10. The molecule has 1 aliphatic rings. The Labute approximate surface area is 218 Å². The highest BCUT2D eigenvalue weighted by atomic mass is 79.9. The minimum atomic E-state index is -3.58. The van der Waals surface area contributed by atoms with Crippen LogP contribution in [0.25, 0.3) is 0 Å². The van der Waals surface area contributed by atoms with Gasteiger partial charge in [-0.3, -0.25) is 0 Å². The maximum absolute atomic E-state index is 6.88. The van der Waals surface area contributed by atoms with Crippen LogP contribution in [0.4, 0.5) is 0 Å². The van der Waals surface area contributed by atoms with Crippen LogP contribution in [-0.4, -0.2) is 12.8 Å². The Bertz CT molecular complexity index is 1000. The van der Waals surface area contributed by atoms with Crippen LogP contribution in [0.5, 0.6) is 17.2 Å². The molecule has 3 nitrogen and oxygen atoms in total. The van der Waals surface area contributed by atoms with Gasteiger partial charge in [-0.15, -0.1) is 0 Å². The average molecular weight is 550 g/mol. The number of alkyl halides is 1. The van der Waals surface area contributed by atoms with E-state index in [1.165, 1.54) is 24.8 Å². The second kappa shape index (κ2) is 12.3. The molecule has 0 heterocycles. The van der Waals surface area contributed by atoms with Gasteiger partial charge in [-0.05, 0) is 61.2 Å². The summed E-state index contributed by atoms with van der Waals surface area (Å²) in [5.41, 5.74) is 1.26. The van der Waals surface area contributed by atoms with Crippen molar-refractivity contribution < 1.29 is 13.3 Å². The number of halogens is 1. The number of benzene rings is 3. The first-order valence-electron chi connectivity index (χ1n) is 12.4. The van der Waals surface area contributed by atoms with Crippen molar-refractivity contribution in [2.24, 2.45) is 0 Å². The summed E-state index contributed by atoms with van der Waals surface area (Å²) >= 11 is 4.19. The van der Waals surface area contributed by atoms with Gasteiger partial charge in [-0.2, -0.15) is 0 Å². The number of para-hydroxylation sites is 3. The molecule has 3 aromatic carbocycles. The summed E-state index contributed by atoms with van der Waals surface area (Å²) in [5, 5.41) is 0. The van der Waals surface area contributed by atoms with Crippen LogP contribution in [0.3, 0.4) is 0 Å². The van der Waals surface area contributed by atoms with Crippen LogP contribution < -0.4 is 13.3 Å². The van der Waals surface area contributed by atoms with Crippen LogP contribution in [0.15, 0.2) is 115 Å². The van der Waals surface area contributed by atoms with Gasteiger partial charge in [-0.1, -0.05) is 115 Å². The van der Waals surface area contributed by atoms with Crippen molar-refractivity contribution in [1.29, 1.82) is 0 Å². The zero-order chi connectivity index (χ0) is 24.4. The number of allylic oxidation sites excluding steroid dienone is 4. The minimum Gasteiger partial charge on any atom is -0.482 e. The monoisotopic (exact) mass is 548 g/mol. The first kappa shape index (κ1) is 25.3. The second-order valence-corrected chi connectivity index (χ2v) is 13.4. The van der Waals surface area contributed by atoms with Gasteiger partial charge in [0.15, 0.2) is 3.95 Å². The fourth-order valence-corrected chi connectivity index (χ4v) is 8.42. The molecule has 0 fully saturated rings. The van der Waals surface area contributed by atoms with E-state index >= 15 is 0 Å². The minimum absolute atomic E-state index is 0.623. The van der Waals surface area contributed by atoms with Gasteiger partial charge in [0, 0.05) is 0 Å². The number of rotatable bonds is 12. The van der Waals surface area contributed by atoms with Gasteiger partial charge in [0.2, 0.25) is 0 Å². The molecule has 0 spiro atoms. The molecule has 4 rings (SSSR count). The molecular formula is C30H33BrO3Si. The normalized spacial score (nSPS) is 17.5. The molecule has 5 heteroatoms. The van der Waals surface area contributed by atoms with Gasteiger partial charge in [0.25, 0.3) is 0 Å². The first-order valence-corrected chi connectivity index (χ1v) is 14.9. The van der Waals surface area contributed by atoms with E-state index in [9.17, 15) is 0 Å². The summed E-state index contributed by atoms with van der Waals surface area (Å²) in [7, 11) is -3.58. The van der Waals surface area contributed by atoms with Crippen LogP contribution in [0.1, 0.15) is 45.4 Å². The van der Waals surface area contributed by atoms with E-state index in [0.717, 1.165) is 30.1 Å². The van der Waals surface area contributed by atoms with Crippen molar-refractivity contribution in [3.05, 3.63) is 115 Å². The third kappa shape index (κ3) is 6.27. The lowest BCUT2D eigenvalue weighted by atomic mass is 9.98. The summed E-state index contributed by atoms with van der Waals surface area (Å²) < 4.78 is 20.0. The highest BCUT2D eigenvalue weighted by Gasteiger charge is 2.68. The van der Waals surface area contributed by atoms with Crippen molar-refractivity contribution in [2.45, 2.75) is 49.4 Å². The molecule has 35 heavy (non-hydrogen) atoms. The van der Waals surface area contributed by atoms with Crippen molar-refractivity contribution in [2.75, 3.05) is 0 Å². The molecule has 0 radical (unpaired) electrons. The molecule has 0 bridgehead atoms. The van der Waals surface area contributed by atoms with Gasteiger partial charge in [0.1, 0.15) is 17.2 Å². The van der Waals surface area contributed by atoms with Crippen molar-refractivity contribution >= 4 is 24.7 Å². The zero-order valence-corrected chi connectivity index (χ0v) is 22.8. The molecule has 0 N–H and O–H groups in total. The van der Waals surface area contributed by atoms with Gasteiger partial charge in [0.05, 0.1) is 0 Å². The predicted octanol–water partition coefficient (Wildman–Crippen LogP) is 8.69. The van der Waals surface area contributed by atoms with Crippen molar-refractivity contribution in [1.82, 2.24) is 0 Å². The molecule has 0 aliphatic heterocycles. The lowest BCUT2D eigenvalue weighted by Gasteiger charge is -2.43. The molecular weight excluding hydrogens is 516 g/mol. The third-order valence-electron chi connectivity index (χ3n) is 6.11. The third-order valence-corrected chi connectivity index (χ3v) is 11.4. The topological polar surface area (TPSA) is 27.7 Å². The maximum atomic E-state index is 6.88. The Hall–Kier alpha value is -2.76. The fraction of sp³-hybridized carbons (Fsp3) is 0.267. The van der Waals surface area contributed by atoms with Gasteiger partial charge >= 0.3 is 8.80 Å². The van der Waals surface area contributed by atoms with Crippen LogP contribution in [-0.2, 0) is 0 Å². The molecule has 182 valence electrons. The molecule has 0 saturated carbocycles. The molecule has 3 aromatic rings. The average Bonchev–Trinajstić information content (AvgIpc) is 2.89. The summed E-state index contributed by atoms with van der Waals surface area (Å²) in [6, 6.07) is 29.6. The molecule has 0 aromatic heterocycles. The second-order valence-electron chi connectivity index (χ2n) is 8.74. The standard InChI is InChI=1S/C30H33BrO3Si/c1-2-3-4-8-17-26-18-15-16-25-30(26,31)35(32-27-19-9-5-10-20-27,33-28-21-11-6-12-22-28)34-29-23-13-7-14-24-29/h5-7,9-16,18-24H,2-4,8,17,25H2,1H3. The van der Waals surface area contributed by atoms with Crippen molar-refractivity contribution in [3.63, 3.8) is 0 Å². The highest BCUT2D eigenvalue weighted by Crippen LogP contribution is 2.46. The Balaban J connectivity index is 1.81. The molecule has 1 aliphatic carbocycles. The SMILES string of the molecule is CCCCCCC1=CC=CCC1(Br)[Si](Oc1ccccc1)(Oc1ccccc1)Oc1ccccc1. The molecule has 1 atom stereocenters. The maximum Gasteiger partial charge on any atom is 0.721 e. The van der Waals surface area contributed by atoms with Crippen LogP contribution >= 0.6 is 15.9 Å². The van der Waals surface area contributed by atoms with Gasteiger partial charge in [-0.25, -0.2) is 0 Å². The smallest absolute Gasteiger partial charge is 0.482 e. The number of hydrogen-bond donors (Lipinski definition) is 0. The molecule has 1 unspecified atom stereocenters. The quantitative estimate of drug-likeness (QED) is 0.129. The van der Waals surface area contributed by atoms with E-state index in [-0.39, 0.29) is 0 Å². The van der Waals surface area contributed by atoms with Crippen molar-refractivity contribution in [3.8, 4) is 17.2 Å². The fourth-order valence-electron chi connectivity index (χ4n) is 4.26. The number of hydrogen-bond acceptors (Lipinski definition) is 3. The van der Waals surface area contributed by atoms with E-state index in [4.69, 9.17) is 13.3 Å². The molecule has 0 amide bonds. The largest absolute Gasteiger partial charge is 0.721 e. The Kier molecular flexibility index (Phi) is 8.88. The lowest BCUT2D eigenvalue weighted by molar-refractivity contribution is 0.244. The van der Waals surface area contributed by atoms with Gasteiger partial charge < -0.3 is 13.3 Å². The first-order chi connectivity index (χ1) is 17.2. The van der Waals surface area contributed by atoms with Crippen LogP contribution in [0, 0.1) is 0 Å².